The number of hydrogen-bond acceptors (Lipinski definition) is 8. The van der Waals surface area contributed by atoms with Crippen molar-refractivity contribution in [3.63, 3.8) is 0 Å². The molecule has 6 N–H and O–H groups in total. The predicted molar refractivity (Wildman–Crippen MR) is 135 cm³/mol. The zero-order chi connectivity index (χ0) is 29.0. The summed E-state index contributed by atoms with van der Waals surface area (Å²) in [5, 5.41) is 23.6. The van der Waals surface area contributed by atoms with Gasteiger partial charge in [-0.05, 0) is 44.6 Å². The summed E-state index contributed by atoms with van der Waals surface area (Å²) in [6, 6.07) is -3.42. The van der Waals surface area contributed by atoms with Crippen LogP contribution < -0.4 is 26.6 Å². The van der Waals surface area contributed by atoms with Crippen molar-refractivity contribution in [1.29, 1.82) is 5.41 Å². The topological polar surface area (TPSA) is 103 Å². The highest BCUT2D eigenvalue weighted by Crippen LogP contribution is 2.38. The van der Waals surface area contributed by atoms with Crippen LogP contribution in [-0.2, 0) is 4.74 Å². The second-order valence-corrected chi connectivity index (χ2v) is 11.9. The Morgan fingerprint density at radius 1 is 0.925 bits per heavy atom. The Labute approximate surface area is 230 Å². The lowest BCUT2D eigenvalue weighted by Gasteiger charge is -2.48. The lowest BCUT2D eigenvalue weighted by molar-refractivity contribution is -0.197. The molecular formula is C24H41F6N9O. The zero-order valence-electron chi connectivity index (χ0n) is 22.9. The van der Waals surface area contributed by atoms with Gasteiger partial charge in [-0.2, -0.15) is 26.3 Å². The van der Waals surface area contributed by atoms with E-state index in [9.17, 15) is 26.3 Å². The molecule has 10 nitrogen and oxygen atoms in total. The molecule has 40 heavy (non-hydrogen) atoms. The van der Waals surface area contributed by atoms with E-state index in [0.29, 0.717) is 19.0 Å². The van der Waals surface area contributed by atoms with Crippen LogP contribution in [0.15, 0.2) is 0 Å². The Hall–Kier alpha value is -1.43. The molecule has 0 aromatic heterocycles. The molecular weight excluding hydrogens is 544 g/mol. The van der Waals surface area contributed by atoms with Crippen LogP contribution in [-0.4, -0.2) is 123 Å². The van der Waals surface area contributed by atoms with E-state index in [1.807, 2.05) is 16.8 Å². The van der Waals surface area contributed by atoms with Gasteiger partial charge in [0.05, 0.1) is 24.3 Å². The van der Waals surface area contributed by atoms with Gasteiger partial charge in [0, 0.05) is 40.5 Å². The average Bonchev–Trinajstić information content (AvgIpc) is 3.41. The molecule has 8 atom stereocenters. The Morgan fingerprint density at radius 2 is 1.62 bits per heavy atom. The van der Waals surface area contributed by atoms with Crippen LogP contribution in [0.5, 0.6) is 0 Å². The largest absolute Gasteiger partial charge is 0.405 e. The first-order valence-electron chi connectivity index (χ1n) is 14.0. The standard InChI is InChI=1S/C24H41F6N9O/c1-37-10-15(23(25,26)27)35-19(37)13-6-4-12(5-7-13)9-39-20-14(38(2)22(39)31)8-32-18(36-20)16-17(24(28,29)30)33-11-34-21(16)40-3/h12-21,31-36H,4-11H2,1-3H3. The van der Waals surface area contributed by atoms with Crippen molar-refractivity contribution in [2.75, 3.05) is 47.5 Å². The summed E-state index contributed by atoms with van der Waals surface area (Å²) >= 11 is 0. The third-order valence-electron chi connectivity index (χ3n) is 9.56. The molecule has 5 rings (SSSR count). The van der Waals surface area contributed by atoms with E-state index in [0.717, 1.165) is 25.7 Å². The van der Waals surface area contributed by atoms with Crippen LogP contribution >= 0.6 is 0 Å². The molecule has 0 radical (unpaired) electrons. The summed E-state index contributed by atoms with van der Waals surface area (Å²) in [5.41, 5.74) is 0. The van der Waals surface area contributed by atoms with Gasteiger partial charge in [0.2, 0.25) is 0 Å². The highest BCUT2D eigenvalue weighted by Gasteiger charge is 2.55. The molecule has 1 aliphatic carbocycles. The molecule has 1 saturated carbocycles. The maximum absolute atomic E-state index is 14.0. The summed E-state index contributed by atoms with van der Waals surface area (Å²) in [6.45, 7) is 0.888. The minimum absolute atomic E-state index is 0.0246. The van der Waals surface area contributed by atoms with Crippen LogP contribution in [0.25, 0.3) is 0 Å². The van der Waals surface area contributed by atoms with Crippen molar-refractivity contribution in [2.45, 2.75) is 80.9 Å². The SMILES string of the molecule is COC1NCNC(C(F)(F)F)C1C1NCC2C(N1)N(CC1CCC(C3NC(C(F)(F)F)CN3C)CC1)C(=N)N2C. The number of rotatable bonds is 5. The average molecular weight is 586 g/mol. The maximum atomic E-state index is 14.0. The van der Waals surface area contributed by atoms with Crippen molar-refractivity contribution in [2.24, 2.45) is 17.8 Å². The van der Waals surface area contributed by atoms with Crippen LogP contribution in [0.1, 0.15) is 25.7 Å². The first-order chi connectivity index (χ1) is 18.8. The van der Waals surface area contributed by atoms with Gasteiger partial charge in [-0.1, -0.05) is 0 Å². The van der Waals surface area contributed by atoms with Crippen LogP contribution in [0.3, 0.4) is 0 Å². The lowest BCUT2D eigenvalue weighted by atomic mass is 9.80. The van der Waals surface area contributed by atoms with Gasteiger partial charge in [-0.25, -0.2) is 0 Å². The molecule has 0 amide bonds. The van der Waals surface area contributed by atoms with Crippen molar-refractivity contribution in [3.05, 3.63) is 0 Å². The summed E-state index contributed by atoms with van der Waals surface area (Å²) in [6.07, 6.45) is -7.76. The van der Waals surface area contributed by atoms with Crippen molar-refractivity contribution < 1.29 is 31.1 Å². The second-order valence-electron chi connectivity index (χ2n) is 11.9. The molecule has 5 fully saturated rings. The van der Waals surface area contributed by atoms with Gasteiger partial charge in [0.25, 0.3) is 0 Å². The number of alkyl halides is 6. The number of nitrogens with one attached hydrogen (secondary N) is 6. The smallest absolute Gasteiger partial charge is 0.366 e. The minimum atomic E-state index is -4.47. The van der Waals surface area contributed by atoms with Crippen molar-refractivity contribution in [3.8, 4) is 0 Å². The van der Waals surface area contributed by atoms with Crippen molar-refractivity contribution >= 4 is 5.96 Å². The minimum Gasteiger partial charge on any atom is -0.366 e. The van der Waals surface area contributed by atoms with E-state index in [-0.39, 0.29) is 43.4 Å². The van der Waals surface area contributed by atoms with Crippen molar-refractivity contribution in [1.82, 2.24) is 41.3 Å². The number of likely N-dealkylation sites (N-methyl/N-ethyl adjacent to an activating group) is 2. The number of methoxy groups -OCH3 is 1. The van der Waals surface area contributed by atoms with E-state index < -0.39 is 42.7 Å². The fourth-order valence-corrected chi connectivity index (χ4v) is 7.40. The summed E-state index contributed by atoms with van der Waals surface area (Å²) in [7, 11) is 4.93. The van der Waals surface area contributed by atoms with Gasteiger partial charge >= 0.3 is 12.4 Å². The molecule has 0 aromatic carbocycles. The fourth-order valence-electron chi connectivity index (χ4n) is 7.40. The van der Waals surface area contributed by atoms with Gasteiger partial charge in [0.1, 0.15) is 24.5 Å². The fraction of sp³-hybridized carbons (Fsp3) is 0.958. The molecule has 0 bridgehead atoms. The quantitative estimate of drug-likeness (QED) is 0.260. The Balaban J connectivity index is 1.23. The van der Waals surface area contributed by atoms with Gasteiger partial charge in [0.15, 0.2) is 5.96 Å². The summed E-state index contributed by atoms with van der Waals surface area (Å²) in [5.74, 6) is -0.335. The molecule has 16 heteroatoms. The molecule has 230 valence electrons. The van der Waals surface area contributed by atoms with E-state index >= 15 is 0 Å². The Morgan fingerprint density at radius 3 is 2.23 bits per heavy atom. The zero-order valence-corrected chi connectivity index (χ0v) is 22.9. The Bertz CT molecular complexity index is 901. The number of hydrogen-bond donors (Lipinski definition) is 6. The van der Waals surface area contributed by atoms with Crippen LogP contribution in [0, 0.1) is 23.2 Å². The first-order valence-corrected chi connectivity index (χ1v) is 14.0. The lowest BCUT2D eigenvalue weighted by Crippen LogP contribution is -2.74. The summed E-state index contributed by atoms with van der Waals surface area (Å²) in [4.78, 5) is 5.54. The van der Waals surface area contributed by atoms with E-state index in [4.69, 9.17) is 10.1 Å². The second kappa shape index (κ2) is 11.3. The third kappa shape index (κ3) is 5.77. The molecule has 0 spiro atoms. The number of nitrogens with zero attached hydrogens (tertiary/aromatic N) is 3. The number of ether oxygens (including phenoxy) is 1. The highest BCUT2D eigenvalue weighted by atomic mass is 19.4. The highest BCUT2D eigenvalue weighted by molar-refractivity contribution is 5.80. The predicted octanol–water partition coefficient (Wildman–Crippen LogP) is 0.650. The van der Waals surface area contributed by atoms with E-state index in [1.54, 1.807) is 11.9 Å². The molecule has 4 heterocycles. The maximum Gasteiger partial charge on any atom is 0.405 e. The molecule has 4 saturated heterocycles. The molecule has 0 aromatic rings. The van der Waals surface area contributed by atoms with Crippen LogP contribution in [0.2, 0.25) is 0 Å². The van der Waals surface area contributed by atoms with Gasteiger partial charge in [-0.3, -0.25) is 36.9 Å². The monoisotopic (exact) mass is 585 g/mol. The normalized spacial score (nSPS) is 42.0. The molecule has 5 aliphatic rings. The number of fused-ring (bicyclic) bond motifs is 1. The number of guanidine groups is 1. The van der Waals surface area contributed by atoms with E-state index in [1.165, 1.54) is 7.11 Å². The number of halogens is 6. The molecule has 4 aliphatic heterocycles. The first kappa shape index (κ1) is 30.0. The van der Waals surface area contributed by atoms with Gasteiger partial charge < -0.3 is 14.5 Å². The Kier molecular flexibility index (Phi) is 8.52. The van der Waals surface area contributed by atoms with Gasteiger partial charge in [-0.15, -0.1) is 0 Å². The molecule has 8 unspecified atom stereocenters. The van der Waals surface area contributed by atoms with E-state index in [2.05, 4.69) is 26.6 Å². The summed E-state index contributed by atoms with van der Waals surface area (Å²) < 4.78 is 87.0. The van der Waals surface area contributed by atoms with Crippen LogP contribution in [0.4, 0.5) is 26.3 Å². The third-order valence-corrected chi connectivity index (χ3v) is 9.56.